The Bertz CT molecular complexity index is 502. The van der Waals surface area contributed by atoms with Crippen molar-refractivity contribution in [2.45, 2.75) is 26.0 Å². The van der Waals surface area contributed by atoms with E-state index in [0.29, 0.717) is 5.88 Å². The van der Waals surface area contributed by atoms with E-state index in [1.165, 1.54) is 12.8 Å². The Morgan fingerprint density at radius 2 is 2.12 bits per heavy atom. The molecule has 2 aromatic rings. The first-order chi connectivity index (χ1) is 8.33. The molecule has 1 unspecified atom stereocenters. The van der Waals surface area contributed by atoms with Gasteiger partial charge >= 0.3 is 0 Å². The molecule has 3 heterocycles. The predicted octanol–water partition coefficient (Wildman–Crippen LogP) is 2.38. The molecule has 4 heteroatoms. The van der Waals surface area contributed by atoms with E-state index in [-0.39, 0.29) is 6.23 Å². The lowest BCUT2D eigenvalue weighted by atomic mass is 10.3. The summed E-state index contributed by atoms with van der Waals surface area (Å²) in [6.45, 7) is 4.35. The van der Waals surface area contributed by atoms with Gasteiger partial charge in [0.15, 0.2) is 6.23 Å². The molecule has 1 saturated heterocycles. The van der Waals surface area contributed by atoms with Crippen molar-refractivity contribution in [2.24, 2.45) is 0 Å². The number of aromatic amines is 1. The van der Waals surface area contributed by atoms with Crippen LogP contribution in [0.5, 0.6) is 5.88 Å². The second-order valence-corrected chi connectivity index (χ2v) is 4.53. The predicted molar refractivity (Wildman–Crippen MR) is 67.0 cm³/mol. The highest BCUT2D eigenvalue weighted by Gasteiger charge is 2.19. The van der Waals surface area contributed by atoms with Crippen LogP contribution in [0.25, 0.3) is 11.0 Å². The number of H-pyrrole nitrogens is 1. The molecule has 1 N–H and O–H groups in total. The van der Waals surface area contributed by atoms with Crippen LogP contribution >= 0.6 is 0 Å². The van der Waals surface area contributed by atoms with Gasteiger partial charge < -0.3 is 9.72 Å². The average Bonchev–Trinajstić information content (AvgIpc) is 2.99. The van der Waals surface area contributed by atoms with Crippen LogP contribution < -0.4 is 4.74 Å². The SMILES string of the molecule is CC(Oc1ccc2cc[nH]c2n1)N1CCCC1. The van der Waals surface area contributed by atoms with Gasteiger partial charge in [-0.15, -0.1) is 0 Å². The molecule has 1 aliphatic heterocycles. The third-order valence-corrected chi connectivity index (χ3v) is 3.33. The van der Waals surface area contributed by atoms with E-state index in [9.17, 15) is 0 Å². The first-order valence-electron chi connectivity index (χ1n) is 6.18. The van der Waals surface area contributed by atoms with Gasteiger partial charge in [-0.1, -0.05) is 0 Å². The number of fused-ring (bicyclic) bond motifs is 1. The maximum absolute atomic E-state index is 5.87. The van der Waals surface area contributed by atoms with Crippen LogP contribution in [-0.2, 0) is 0 Å². The van der Waals surface area contributed by atoms with Crippen LogP contribution in [0.1, 0.15) is 19.8 Å². The van der Waals surface area contributed by atoms with Crippen LogP contribution in [0.15, 0.2) is 24.4 Å². The van der Waals surface area contributed by atoms with Crippen LogP contribution in [0, 0.1) is 0 Å². The van der Waals surface area contributed by atoms with E-state index in [4.69, 9.17) is 4.74 Å². The smallest absolute Gasteiger partial charge is 0.216 e. The highest BCUT2D eigenvalue weighted by molar-refractivity contribution is 5.75. The van der Waals surface area contributed by atoms with Crippen molar-refractivity contribution in [1.82, 2.24) is 14.9 Å². The fourth-order valence-corrected chi connectivity index (χ4v) is 2.33. The number of likely N-dealkylation sites (tertiary alicyclic amines) is 1. The highest BCUT2D eigenvalue weighted by Crippen LogP contribution is 2.18. The molecule has 4 nitrogen and oxygen atoms in total. The maximum atomic E-state index is 5.87. The van der Waals surface area contributed by atoms with Gasteiger partial charge in [-0.3, -0.25) is 4.90 Å². The zero-order valence-electron chi connectivity index (χ0n) is 10.0. The van der Waals surface area contributed by atoms with E-state index in [1.807, 2.05) is 24.4 Å². The van der Waals surface area contributed by atoms with Crippen molar-refractivity contribution < 1.29 is 4.74 Å². The van der Waals surface area contributed by atoms with Crippen LogP contribution in [0.4, 0.5) is 0 Å². The Morgan fingerprint density at radius 3 is 2.94 bits per heavy atom. The number of aromatic nitrogens is 2. The summed E-state index contributed by atoms with van der Waals surface area (Å²) in [5.74, 6) is 0.694. The van der Waals surface area contributed by atoms with E-state index >= 15 is 0 Å². The molecule has 1 fully saturated rings. The normalized spacial score (nSPS) is 18.6. The minimum absolute atomic E-state index is 0.109. The summed E-state index contributed by atoms with van der Waals surface area (Å²) in [6, 6.07) is 5.98. The number of nitrogens with one attached hydrogen (secondary N) is 1. The Balaban J connectivity index is 1.74. The van der Waals surface area contributed by atoms with Crippen molar-refractivity contribution in [3.63, 3.8) is 0 Å². The summed E-state index contributed by atoms with van der Waals surface area (Å²) in [7, 11) is 0. The topological polar surface area (TPSA) is 41.1 Å². The zero-order chi connectivity index (χ0) is 11.7. The van der Waals surface area contributed by atoms with Gasteiger partial charge in [-0.2, -0.15) is 4.98 Å². The Labute approximate surface area is 101 Å². The molecule has 3 rings (SSSR count). The van der Waals surface area contributed by atoms with Crippen molar-refractivity contribution in [2.75, 3.05) is 13.1 Å². The fraction of sp³-hybridized carbons (Fsp3) is 0.462. The standard InChI is InChI=1S/C13H17N3O/c1-10(16-8-2-3-9-16)17-12-5-4-11-6-7-14-13(11)15-12/h4-7,10H,2-3,8-9H2,1H3,(H,14,15). The third kappa shape index (κ3) is 2.13. The molecule has 2 aromatic heterocycles. The van der Waals surface area contributed by atoms with E-state index in [1.54, 1.807) is 0 Å². The molecule has 0 aliphatic carbocycles. The summed E-state index contributed by atoms with van der Waals surface area (Å²) in [5.41, 5.74) is 0.885. The number of pyridine rings is 1. The van der Waals surface area contributed by atoms with Gasteiger partial charge in [0.05, 0.1) is 0 Å². The van der Waals surface area contributed by atoms with E-state index < -0.39 is 0 Å². The molecule has 17 heavy (non-hydrogen) atoms. The van der Waals surface area contributed by atoms with Crippen molar-refractivity contribution >= 4 is 11.0 Å². The lowest BCUT2D eigenvalue weighted by Gasteiger charge is -2.23. The summed E-state index contributed by atoms with van der Waals surface area (Å²) in [5, 5.41) is 1.12. The molecule has 1 atom stereocenters. The van der Waals surface area contributed by atoms with Crippen LogP contribution in [0.3, 0.4) is 0 Å². The molecule has 1 aliphatic rings. The molecular weight excluding hydrogens is 214 g/mol. The van der Waals surface area contributed by atoms with Crippen LogP contribution in [0.2, 0.25) is 0 Å². The summed E-state index contributed by atoms with van der Waals surface area (Å²) < 4.78 is 5.87. The van der Waals surface area contributed by atoms with E-state index in [0.717, 1.165) is 24.1 Å². The second kappa shape index (κ2) is 4.37. The molecule has 0 amide bonds. The Morgan fingerprint density at radius 1 is 1.29 bits per heavy atom. The molecular formula is C13H17N3O. The third-order valence-electron chi connectivity index (χ3n) is 3.33. The number of rotatable bonds is 3. The van der Waals surface area contributed by atoms with Gasteiger partial charge in [-0.05, 0) is 31.9 Å². The summed E-state index contributed by atoms with van der Waals surface area (Å²) in [6.07, 6.45) is 4.55. The van der Waals surface area contributed by atoms with E-state index in [2.05, 4.69) is 21.8 Å². The second-order valence-electron chi connectivity index (χ2n) is 4.53. The number of nitrogens with zero attached hydrogens (tertiary/aromatic N) is 2. The summed E-state index contributed by atoms with van der Waals surface area (Å²) in [4.78, 5) is 9.89. The molecule has 0 spiro atoms. The monoisotopic (exact) mass is 231 g/mol. The molecule has 0 radical (unpaired) electrons. The van der Waals surface area contributed by atoms with Crippen molar-refractivity contribution in [3.05, 3.63) is 24.4 Å². The van der Waals surface area contributed by atoms with Gasteiger partial charge in [0.25, 0.3) is 0 Å². The lowest BCUT2D eigenvalue weighted by molar-refractivity contribution is 0.0554. The summed E-state index contributed by atoms with van der Waals surface area (Å²) >= 11 is 0. The van der Waals surface area contributed by atoms with Gasteiger partial charge in [0.2, 0.25) is 5.88 Å². The largest absolute Gasteiger partial charge is 0.459 e. The maximum Gasteiger partial charge on any atom is 0.216 e. The van der Waals surface area contributed by atoms with Gasteiger partial charge in [0.1, 0.15) is 5.65 Å². The Kier molecular flexibility index (Phi) is 2.73. The Hall–Kier alpha value is -1.55. The van der Waals surface area contributed by atoms with Gasteiger partial charge in [0, 0.05) is 30.7 Å². The lowest BCUT2D eigenvalue weighted by Crippen LogP contribution is -2.34. The van der Waals surface area contributed by atoms with Crippen LogP contribution in [-0.4, -0.2) is 34.2 Å². The van der Waals surface area contributed by atoms with Crippen molar-refractivity contribution in [1.29, 1.82) is 0 Å². The average molecular weight is 231 g/mol. The molecule has 0 bridgehead atoms. The van der Waals surface area contributed by atoms with Gasteiger partial charge in [-0.25, -0.2) is 0 Å². The number of hydrogen-bond acceptors (Lipinski definition) is 3. The fourth-order valence-electron chi connectivity index (χ4n) is 2.33. The molecule has 0 saturated carbocycles. The highest BCUT2D eigenvalue weighted by atomic mass is 16.5. The zero-order valence-corrected chi connectivity index (χ0v) is 10.0. The van der Waals surface area contributed by atoms with Crippen molar-refractivity contribution in [3.8, 4) is 5.88 Å². The minimum Gasteiger partial charge on any atom is -0.459 e. The first kappa shape index (κ1) is 10.6. The number of ether oxygens (including phenoxy) is 1. The minimum atomic E-state index is 0.109. The first-order valence-corrected chi connectivity index (χ1v) is 6.18. The molecule has 90 valence electrons. The molecule has 0 aromatic carbocycles. The number of hydrogen-bond donors (Lipinski definition) is 1. The quantitative estimate of drug-likeness (QED) is 0.881.